The highest BCUT2D eigenvalue weighted by Gasteiger charge is 2.29. The average molecular weight is 522 g/mol. The molecule has 0 radical (unpaired) electrons. The summed E-state index contributed by atoms with van der Waals surface area (Å²) in [6.45, 7) is 2.34. The molecule has 4 rings (SSSR count). The molecule has 3 aromatic rings. The largest absolute Gasteiger partial charge is 0.388 e. The Morgan fingerprint density at radius 2 is 1.97 bits per heavy atom. The minimum Gasteiger partial charge on any atom is -0.388 e. The number of piperidine rings is 1. The number of aliphatic hydroxyl groups is 1. The summed E-state index contributed by atoms with van der Waals surface area (Å²) in [5.74, 6) is -0.358. The molecule has 7 nitrogen and oxygen atoms in total. The molecule has 0 saturated carbocycles. The van der Waals surface area contributed by atoms with Crippen LogP contribution in [0.2, 0.25) is 5.02 Å². The van der Waals surface area contributed by atoms with Gasteiger partial charge in [0.15, 0.2) is 15.6 Å². The first-order chi connectivity index (χ1) is 16.1. The quantitative estimate of drug-likeness (QED) is 0.506. The number of Topliss-reactive ketones (excluding diaryl/α,β-unsaturated/α-hetero) is 1. The van der Waals surface area contributed by atoms with Gasteiger partial charge in [-0.2, -0.15) is 0 Å². The lowest BCUT2D eigenvalue weighted by Gasteiger charge is -2.32. The molecular formula is C24H28ClN3O4S2. The van der Waals surface area contributed by atoms with Crippen LogP contribution in [0.25, 0.3) is 10.8 Å². The number of thiazole rings is 1. The van der Waals surface area contributed by atoms with Crippen LogP contribution in [0.5, 0.6) is 0 Å². The summed E-state index contributed by atoms with van der Waals surface area (Å²) >= 11 is 7.39. The minimum absolute atomic E-state index is 0.0623. The number of halogens is 1. The molecule has 2 aromatic carbocycles. The van der Waals surface area contributed by atoms with Crippen LogP contribution < -0.4 is 4.80 Å². The van der Waals surface area contributed by atoms with Gasteiger partial charge in [0.2, 0.25) is 4.80 Å². The van der Waals surface area contributed by atoms with Crippen molar-refractivity contribution < 1.29 is 18.3 Å². The first-order valence-corrected chi connectivity index (χ1v) is 14.1. The second kappa shape index (κ2) is 10.2. The van der Waals surface area contributed by atoms with Crippen LogP contribution in [0, 0.1) is 0 Å². The summed E-state index contributed by atoms with van der Waals surface area (Å²) in [5.41, 5.74) is 0. The molecule has 1 aliphatic heterocycles. The summed E-state index contributed by atoms with van der Waals surface area (Å²) in [6.07, 6.45) is 3.66. The van der Waals surface area contributed by atoms with E-state index in [0.717, 1.165) is 28.5 Å². The van der Waals surface area contributed by atoms with Crippen LogP contribution in [-0.4, -0.2) is 47.2 Å². The maximum absolute atomic E-state index is 13.1. The van der Waals surface area contributed by atoms with E-state index in [-0.39, 0.29) is 22.9 Å². The number of carbonyl (C=O) groups is 1. The van der Waals surface area contributed by atoms with E-state index in [1.54, 1.807) is 48.3 Å². The lowest BCUT2D eigenvalue weighted by Crippen LogP contribution is -2.43. The van der Waals surface area contributed by atoms with Crippen LogP contribution in [-0.2, 0) is 21.7 Å². The molecule has 2 atom stereocenters. The topological polar surface area (TPSA) is 92.0 Å². The Hall–Kier alpha value is -2.20. The van der Waals surface area contributed by atoms with Gasteiger partial charge in [0, 0.05) is 31.2 Å². The van der Waals surface area contributed by atoms with E-state index in [1.807, 2.05) is 17.8 Å². The number of rotatable bonds is 7. The standard InChI is InChI=1S/C24H28ClN3O4S2/c1-16(29)23-15-27(2)24(33-23)26-28-11-4-3-5-21(28)22(30)10-12-34(31,32)20-9-7-17-13-19(25)8-6-18(17)14-20/h6-9,13-16,21,29H,3-5,10-12H2,1-2H3/b26-24-. The Morgan fingerprint density at radius 3 is 2.71 bits per heavy atom. The molecule has 0 spiro atoms. The highest BCUT2D eigenvalue weighted by molar-refractivity contribution is 7.91. The Bertz CT molecular complexity index is 1380. The van der Waals surface area contributed by atoms with E-state index >= 15 is 0 Å². The Balaban J connectivity index is 1.49. The van der Waals surface area contributed by atoms with Crippen LogP contribution in [0.3, 0.4) is 0 Å². The zero-order chi connectivity index (χ0) is 24.5. The maximum atomic E-state index is 13.1. The number of hydrogen-bond acceptors (Lipinski definition) is 7. The molecule has 0 aliphatic carbocycles. The van der Waals surface area contributed by atoms with Gasteiger partial charge in [-0.15, -0.1) is 5.10 Å². The Morgan fingerprint density at radius 1 is 1.24 bits per heavy atom. The first kappa shape index (κ1) is 24.9. The van der Waals surface area contributed by atoms with Crippen molar-refractivity contribution in [3.05, 3.63) is 57.3 Å². The Kier molecular flexibility index (Phi) is 7.47. The van der Waals surface area contributed by atoms with Gasteiger partial charge in [0.05, 0.1) is 21.6 Å². The number of nitrogens with zero attached hydrogens (tertiary/aromatic N) is 3. The second-order valence-corrected chi connectivity index (χ2v) is 12.3. The predicted octanol–water partition coefficient (Wildman–Crippen LogP) is 4.05. The van der Waals surface area contributed by atoms with Crippen molar-refractivity contribution in [1.29, 1.82) is 0 Å². The van der Waals surface area contributed by atoms with E-state index in [2.05, 4.69) is 5.10 Å². The van der Waals surface area contributed by atoms with Crippen molar-refractivity contribution in [2.24, 2.45) is 12.1 Å². The van der Waals surface area contributed by atoms with Crippen LogP contribution >= 0.6 is 22.9 Å². The third-order valence-corrected chi connectivity index (χ3v) is 9.24. The molecule has 1 saturated heterocycles. The number of aliphatic hydroxyl groups excluding tert-OH is 1. The number of fused-ring (bicyclic) bond motifs is 1. The molecule has 10 heteroatoms. The van der Waals surface area contributed by atoms with Gasteiger partial charge in [0.1, 0.15) is 6.04 Å². The number of hydrogen-bond donors (Lipinski definition) is 1. The highest BCUT2D eigenvalue weighted by Crippen LogP contribution is 2.25. The van der Waals surface area contributed by atoms with Gasteiger partial charge in [-0.05, 0) is 61.2 Å². The fraction of sp³-hybridized carbons (Fsp3) is 0.417. The number of aryl methyl sites for hydroxylation is 1. The van der Waals surface area contributed by atoms with E-state index in [1.165, 1.54) is 11.3 Å². The van der Waals surface area contributed by atoms with Gasteiger partial charge >= 0.3 is 0 Å². The molecule has 1 aromatic heterocycles. The SMILES string of the molecule is CC(O)c1cn(C)/c(=N/N2CCCCC2C(=O)CCS(=O)(=O)c2ccc3cc(Cl)ccc3c2)s1. The fourth-order valence-corrected chi connectivity index (χ4v) is 6.52. The third-order valence-electron chi connectivity index (χ3n) is 6.05. The van der Waals surface area contributed by atoms with Gasteiger partial charge in [-0.3, -0.25) is 9.80 Å². The molecule has 0 amide bonds. The van der Waals surface area contributed by atoms with E-state index in [0.29, 0.717) is 22.8 Å². The van der Waals surface area contributed by atoms with Crippen LogP contribution in [0.4, 0.5) is 0 Å². The normalized spacial score (nSPS) is 18.4. The fourth-order valence-electron chi connectivity index (χ4n) is 4.11. The number of ketones is 1. The van der Waals surface area contributed by atoms with Crippen LogP contribution in [0.1, 0.15) is 43.6 Å². The molecule has 2 unspecified atom stereocenters. The summed E-state index contributed by atoms with van der Waals surface area (Å²) in [6, 6.07) is 9.79. The van der Waals surface area contributed by atoms with Gasteiger partial charge in [0.25, 0.3) is 0 Å². The molecule has 0 bridgehead atoms. The van der Waals surface area contributed by atoms with Gasteiger partial charge < -0.3 is 9.67 Å². The molecule has 2 heterocycles. The highest BCUT2D eigenvalue weighted by atomic mass is 35.5. The van der Waals surface area contributed by atoms with E-state index < -0.39 is 22.0 Å². The molecule has 1 fully saturated rings. The summed E-state index contributed by atoms with van der Waals surface area (Å²) in [7, 11) is -1.76. The smallest absolute Gasteiger partial charge is 0.208 e. The van der Waals surface area contributed by atoms with Crippen molar-refractivity contribution in [2.45, 2.75) is 49.6 Å². The molecule has 1 aliphatic rings. The van der Waals surface area contributed by atoms with Gasteiger partial charge in [-0.1, -0.05) is 35.1 Å². The van der Waals surface area contributed by atoms with Crippen molar-refractivity contribution >= 4 is 49.3 Å². The van der Waals surface area contributed by atoms with Crippen molar-refractivity contribution in [1.82, 2.24) is 9.58 Å². The third kappa shape index (κ3) is 5.54. The second-order valence-electron chi connectivity index (χ2n) is 8.67. The lowest BCUT2D eigenvalue weighted by atomic mass is 9.99. The summed E-state index contributed by atoms with van der Waals surface area (Å²) in [5, 5.41) is 18.6. The van der Waals surface area contributed by atoms with Crippen molar-refractivity contribution in [3.63, 3.8) is 0 Å². The summed E-state index contributed by atoms with van der Waals surface area (Å²) < 4.78 is 27.8. The van der Waals surface area contributed by atoms with Gasteiger partial charge in [-0.25, -0.2) is 8.42 Å². The van der Waals surface area contributed by atoms with Crippen molar-refractivity contribution in [2.75, 3.05) is 12.3 Å². The van der Waals surface area contributed by atoms with E-state index in [4.69, 9.17) is 11.6 Å². The summed E-state index contributed by atoms with van der Waals surface area (Å²) in [4.78, 5) is 14.8. The number of sulfone groups is 1. The number of benzene rings is 2. The molecule has 34 heavy (non-hydrogen) atoms. The zero-order valence-corrected chi connectivity index (χ0v) is 21.5. The minimum atomic E-state index is -3.62. The first-order valence-electron chi connectivity index (χ1n) is 11.2. The lowest BCUT2D eigenvalue weighted by molar-refractivity contribution is -0.125. The molecule has 1 N–H and O–H groups in total. The zero-order valence-electron chi connectivity index (χ0n) is 19.1. The number of aromatic nitrogens is 1. The predicted molar refractivity (Wildman–Crippen MR) is 134 cm³/mol. The monoisotopic (exact) mass is 521 g/mol. The number of carbonyl (C=O) groups excluding carboxylic acids is 1. The molecule has 182 valence electrons. The van der Waals surface area contributed by atoms with Crippen LogP contribution in [0.15, 0.2) is 52.6 Å². The Labute approximate surface area is 208 Å². The molecular weight excluding hydrogens is 494 g/mol. The average Bonchev–Trinajstić information content (AvgIpc) is 3.18. The maximum Gasteiger partial charge on any atom is 0.208 e. The van der Waals surface area contributed by atoms with E-state index in [9.17, 15) is 18.3 Å². The van der Waals surface area contributed by atoms with Crippen molar-refractivity contribution in [3.8, 4) is 0 Å².